The number of hydrogen-bond donors (Lipinski definition) is 1. The molecule has 9 heteroatoms. The maximum atomic E-state index is 12.1. The number of nitrogens with zero attached hydrogens (tertiary/aromatic N) is 6. The molecule has 3 aliphatic rings. The summed E-state index contributed by atoms with van der Waals surface area (Å²) in [4.78, 5) is 31.5. The van der Waals surface area contributed by atoms with Gasteiger partial charge in [0, 0.05) is 49.2 Å². The first kappa shape index (κ1) is 28.5. The average molecular weight is 612 g/mol. The van der Waals surface area contributed by atoms with Gasteiger partial charge >= 0.3 is 0 Å². The lowest BCUT2D eigenvalue weighted by Crippen LogP contribution is -2.47. The molecule has 2 fully saturated rings. The van der Waals surface area contributed by atoms with Crippen LogP contribution in [0.25, 0.3) is 39.5 Å². The number of anilines is 1. The molecule has 2 aromatic carbocycles. The van der Waals surface area contributed by atoms with E-state index in [2.05, 4.69) is 55.7 Å². The Bertz CT molecular complexity index is 1940. The zero-order valence-corrected chi connectivity index (χ0v) is 26.0. The Morgan fingerprint density at radius 3 is 2.35 bits per heavy atom. The lowest BCUT2D eigenvalue weighted by Gasteiger charge is -2.43. The number of ketones is 1. The fourth-order valence-electron chi connectivity index (χ4n) is 7.02. The van der Waals surface area contributed by atoms with Crippen LogP contribution >= 0.6 is 0 Å². The number of nitrogen functional groups attached to an aromatic ring is 1. The third kappa shape index (κ3) is 5.20. The standard InChI is InChI=1S/C37H37N7O2/c1-46-34-32(22-33(34)45)43(26-13-14-26)28-17-20-42(21-18-28)23-24-9-11-27(12-10-24)44-36(29-8-5-19-39-35(29)38)41-31-16-15-30(40-37(31)44)25-6-3-2-4-7-25/h2-12,15-16,19,26,28H,13-14,17-18,20-23H2,1H3,(H2,38,39). The fraction of sp³-hybridized carbons (Fsp3) is 0.297. The lowest BCUT2D eigenvalue weighted by atomic mass is 9.94. The lowest BCUT2D eigenvalue weighted by molar-refractivity contribution is -0.121. The van der Waals surface area contributed by atoms with Crippen molar-refractivity contribution in [1.29, 1.82) is 0 Å². The number of carbonyl (C=O) groups excluding carboxylic acids is 1. The first-order valence-corrected chi connectivity index (χ1v) is 16.1. The molecule has 4 heterocycles. The maximum Gasteiger partial charge on any atom is 0.205 e. The van der Waals surface area contributed by atoms with Crippen LogP contribution in [0.3, 0.4) is 0 Å². The van der Waals surface area contributed by atoms with Crippen molar-refractivity contribution in [1.82, 2.24) is 29.3 Å². The van der Waals surface area contributed by atoms with Gasteiger partial charge < -0.3 is 15.4 Å². The number of hydrogen-bond acceptors (Lipinski definition) is 8. The summed E-state index contributed by atoms with van der Waals surface area (Å²) in [5.74, 6) is 1.87. The molecule has 2 N–H and O–H groups in total. The number of allylic oxidation sites excluding steroid dienone is 2. The minimum atomic E-state index is 0.135. The van der Waals surface area contributed by atoms with E-state index in [1.54, 1.807) is 13.3 Å². The molecular formula is C37H37N7O2. The van der Waals surface area contributed by atoms with Crippen LogP contribution in [0.5, 0.6) is 0 Å². The highest BCUT2D eigenvalue weighted by Gasteiger charge is 2.43. The highest BCUT2D eigenvalue weighted by molar-refractivity contribution is 6.02. The molecular weight excluding hydrogens is 574 g/mol. The maximum absolute atomic E-state index is 12.1. The van der Waals surface area contributed by atoms with Crippen LogP contribution in [0.2, 0.25) is 0 Å². The van der Waals surface area contributed by atoms with Crippen LogP contribution in [0, 0.1) is 0 Å². The predicted octanol–water partition coefficient (Wildman–Crippen LogP) is 5.99. The van der Waals surface area contributed by atoms with E-state index in [1.807, 2.05) is 42.5 Å². The molecule has 2 aliphatic carbocycles. The van der Waals surface area contributed by atoms with Crippen molar-refractivity contribution in [3.8, 4) is 28.3 Å². The van der Waals surface area contributed by atoms with Gasteiger partial charge in [-0.2, -0.15) is 0 Å². The number of methoxy groups -OCH3 is 1. The summed E-state index contributed by atoms with van der Waals surface area (Å²) < 4.78 is 7.53. The molecule has 8 rings (SSSR count). The molecule has 0 atom stereocenters. The van der Waals surface area contributed by atoms with Crippen LogP contribution < -0.4 is 5.73 Å². The van der Waals surface area contributed by atoms with E-state index < -0.39 is 0 Å². The molecule has 46 heavy (non-hydrogen) atoms. The molecule has 232 valence electrons. The van der Waals surface area contributed by atoms with Gasteiger partial charge in [0.25, 0.3) is 0 Å². The molecule has 5 aromatic rings. The van der Waals surface area contributed by atoms with Crippen molar-refractivity contribution in [3.63, 3.8) is 0 Å². The van der Waals surface area contributed by atoms with Gasteiger partial charge in [-0.25, -0.2) is 15.0 Å². The van der Waals surface area contributed by atoms with Crippen molar-refractivity contribution in [3.05, 3.63) is 102 Å². The molecule has 1 saturated carbocycles. The summed E-state index contributed by atoms with van der Waals surface area (Å²) in [6.07, 6.45) is 6.83. The molecule has 9 nitrogen and oxygen atoms in total. The number of imidazole rings is 1. The van der Waals surface area contributed by atoms with Crippen molar-refractivity contribution in [2.45, 2.75) is 50.7 Å². The summed E-state index contributed by atoms with van der Waals surface area (Å²) in [5.41, 5.74) is 14.0. The Labute approximate surface area is 268 Å². The van der Waals surface area contributed by atoms with Crippen LogP contribution in [0.4, 0.5) is 5.82 Å². The zero-order chi connectivity index (χ0) is 31.2. The summed E-state index contributed by atoms with van der Waals surface area (Å²) >= 11 is 0. The monoisotopic (exact) mass is 611 g/mol. The number of fused-ring (bicyclic) bond motifs is 1. The van der Waals surface area contributed by atoms with Crippen molar-refractivity contribution >= 4 is 22.8 Å². The number of Topliss-reactive ketones (excluding diaryl/α,β-unsaturated/α-hetero) is 1. The Morgan fingerprint density at radius 2 is 1.65 bits per heavy atom. The SMILES string of the molecule is COC1=C(N(C2CC2)C2CCN(Cc3ccc(-n4c(-c5cccnc5N)nc5ccc(-c6ccccc6)nc54)cc3)CC2)CC1=O. The molecule has 1 saturated heterocycles. The smallest absolute Gasteiger partial charge is 0.205 e. The van der Waals surface area contributed by atoms with E-state index in [0.29, 0.717) is 35.9 Å². The third-order valence-corrected chi connectivity index (χ3v) is 9.50. The van der Waals surface area contributed by atoms with E-state index in [9.17, 15) is 4.79 Å². The van der Waals surface area contributed by atoms with Crippen molar-refractivity contribution < 1.29 is 9.53 Å². The van der Waals surface area contributed by atoms with Crippen LogP contribution in [0.1, 0.15) is 37.7 Å². The van der Waals surface area contributed by atoms with Crippen molar-refractivity contribution in [2.24, 2.45) is 0 Å². The molecule has 1 aliphatic heterocycles. The molecule has 0 bridgehead atoms. The number of likely N-dealkylation sites (tertiary alicyclic amines) is 1. The summed E-state index contributed by atoms with van der Waals surface area (Å²) in [6.45, 7) is 2.95. The van der Waals surface area contributed by atoms with Crippen molar-refractivity contribution in [2.75, 3.05) is 25.9 Å². The van der Waals surface area contributed by atoms with E-state index in [4.69, 9.17) is 20.4 Å². The van der Waals surface area contributed by atoms with Gasteiger partial charge in [-0.05, 0) is 67.6 Å². The number of ether oxygens (including phenoxy) is 1. The van der Waals surface area contributed by atoms with Gasteiger partial charge in [0.2, 0.25) is 5.78 Å². The second-order valence-electron chi connectivity index (χ2n) is 12.5. The van der Waals surface area contributed by atoms with Gasteiger partial charge in [-0.3, -0.25) is 14.3 Å². The number of benzene rings is 2. The predicted molar refractivity (Wildman–Crippen MR) is 179 cm³/mol. The molecule has 0 spiro atoms. The first-order valence-electron chi connectivity index (χ1n) is 16.1. The van der Waals surface area contributed by atoms with E-state index in [-0.39, 0.29) is 5.78 Å². The number of rotatable bonds is 9. The highest BCUT2D eigenvalue weighted by Crippen LogP contribution is 2.41. The Morgan fingerprint density at radius 1 is 0.891 bits per heavy atom. The van der Waals surface area contributed by atoms with Gasteiger partial charge in [0.05, 0.1) is 30.5 Å². The summed E-state index contributed by atoms with van der Waals surface area (Å²) in [5, 5.41) is 0. The molecule has 0 radical (unpaired) electrons. The normalized spacial score (nSPS) is 17.4. The number of nitrogens with two attached hydrogens (primary N) is 1. The molecule has 3 aromatic heterocycles. The minimum Gasteiger partial charge on any atom is -0.491 e. The fourth-order valence-corrected chi connectivity index (χ4v) is 7.02. The number of piperidine rings is 1. The van der Waals surface area contributed by atoms with Crippen LogP contribution in [0.15, 0.2) is 96.5 Å². The first-order chi connectivity index (χ1) is 22.6. The van der Waals surface area contributed by atoms with Gasteiger partial charge in [0.15, 0.2) is 17.2 Å². The quantitative estimate of drug-likeness (QED) is 0.217. The number of carbonyl (C=O) groups is 1. The molecule has 0 unspecified atom stereocenters. The second-order valence-corrected chi connectivity index (χ2v) is 12.5. The van der Waals surface area contributed by atoms with Crippen LogP contribution in [-0.2, 0) is 16.1 Å². The van der Waals surface area contributed by atoms with E-state index in [0.717, 1.165) is 71.8 Å². The Hall–Kier alpha value is -5.02. The summed E-state index contributed by atoms with van der Waals surface area (Å²) in [7, 11) is 1.62. The Kier molecular flexibility index (Phi) is 7.25. The van der Waals surface area contributed by atoms with Gasteiger partial charge in [0.1, 0.15) is 11.3 Å². The zero-order valence-electron chi connectivity index (χ0n) is 26.0. The summed E-state index contributed by atoms with van der Waals surface area (Å²) in [6, 6.07) is 27.8. The van der Waals surface area contributed by atoms with Gasteiger partial charge in [-0.15, -0.1) is 0 Å². The van der Waals surface area contributed by atoms with Crippen LogP contribution in [-0.4, -0.2) is 67.4 Å². The highest BCUT2D eigenvalue weighted by atomic mass is 16.5. The van der Waals surface area contributed by atoms with E-state index >= 15 is 0 Å². The second kappa shape index (κ2) is 11.7. The number of aromatic nitrogens is 4. The third-order valence-electron chi connectivity index (χ3n) is 9.50. The van der Waals surface area contributed by atoms with Gasteiger partial charge in [-0.1, -0.05) is 42.5 Å². The Balaban J connectivity index is 1.04. The molecule has 0 amide bonds. The average Bonchev–Trinajstić information content (AvgIpc) is 3.85. The largest absolute Gasteiger partial charge is 0.491 e. The van der Waals surface area contributed by atoms with E-state index in [1.165, 1.54) is 18.4 Å². The minimum absolute atomic E-state index is 0.135. The topological polar surface area (TPSA) is 102 Å². The number of pyridine rings is 2.